The van der Waals surface area contributed by atoms with Crippen molar-refractivity contribution in [3.05, 3.63) is 48.3 Å². The molecule has 2 amide bonds. The second-order valence-corrected chi connectivity index (χ2v) is 6.69. The molecule has 1 aliphatic heterocycles. The van der Waals surface area contributed by atoms with E-state index in [1.54, 1.807) is 9.42 Å². The minimum atomic E-state index is -0.136. The molecule has 6 nitrogen and oxygen atoms in total. The quantitative estimate of drug-likeness (QED) is 0.850. The molecule has 1 atom stereocenters. The summed E-state index contributed by atoms with van der Waals surface area (Å²) in [4.78, 5) is 26.5. The van der Waals surface area contributed by atoms with Crippen LogP contribution in [0.4, 0.5) is 0 Å². The zero-order valence-corrected chi connectivity index (χ0v) is 14.7. The van der Waals surface area contributed by atoms with Gasteiger partial charge in [0, 0.05) is 25.3 Å². The van der Waals surface area contributed by atoms with Gasteiger partial charge in [-0.2, -0.15) is 5.10 Å². The summed E-state index contributed by atoms with van der Waals surface area (Å²) >= 11 is 0. The van der Waals surface area contributed by atoms with Crippen LogP contribution in [-0.4, -0.2) is 45.5 Å². The number of nitrogens with zero attached hydrogens (tertiary/aromatic N) is 3. The summed E-state index contributed by atoms with van der Waals surface area (Å²) in [7, 11) is 0. The Balaban J connectivity index is 1.80. The molecule has 6 heteroatoms. The Morgan fingerprint density at radius 2 is 2.24 bits per heavy atom. The number of pyridine rings is 1. The second kappa shape index (κ2) is 7.09. The van der Waals surface area contributed by atoms with Crippen LogP contribution in [-0.2, 0) is 4.79 Å². The monoisotopic (exact) mass is 340 g/mol. The summed E-state index contributed by atoms with van der Waals surface area (Å²) in [6.45, 7) is 8.77. The lowest BCUT2D eigenvalue weighted by atomic mass is 10.0. The van der Waals surface area contributed by atoms with Gasteiger partial charge >= 0.3 is 0 Å². The molecule has 3 heterocycles. The summed E-state index contributed by atoms with van der Waals surface area (Å²) in [5.41, 5.74) is 2.21. The van der Waals surface area contributed by atoms with Crippen LogP contribution in [0.25, 0.3) is 5.52 Å². The summed E-state index contributed by atoms with van der Waals surface area (Å²) in [6, 6.07) is 5.72. The van der Waals surface area contributed by atoms with E-state index in [0.717, 1.165) is 30.6 Å². The molecule has 3 rings (SSSR count). The highest BCUT2D eigenvalue weighted by molar-refractivity contribution is 6.02. The molecule has 1 saturated heterocycles. The molecule has 2 aromatic heterocycles. The van der Waals surface area contributed by atoms with Gasteiger partial charge < -0.3 is 10.2 Å². The van der Waals surface area contributed by atoms with Crippen molar-refractivity contribution in [1.82, 2.24) is 19.8 Å². The summed E-state index contributed by atoms with van der Waals surface area (Å²) < 4.78 is 1.74. The summed E-state index contributed by atoms with van der Waals surface area (Å²) in [6.07, 6.45) is 5.03. The number of likely N-dealkylation sites (tertiary alicyclic amines) is 1. The van der Waals surface area contributed by atoms with Crippen molar-refractivity contribution in [1.29, 1.82) is 0 Å². The Kier molecular flexibility index (Phi) is 4.88. The molecule has 0 saturated carbocycles. The number of carbonyl (C=O) groups is 2. The van der Waals surface area contributed by atoms with Gasteiger partial charge in [-0.05, 0) is 37.0 Å². The van der Waals surface area contributed by atoms with Gasteiger partial charge in [0.1, 0.15) is 0 Å². The molecule has 0 bridgehead atoms. The Morgan fingerprint density at radius 3 is 2.96 bits per heavy atom. The van der Waals surface area contributed by atoms with Crippen LogP contribution in [0.3, 0.4) is 0 Å². The van der Waals surface area contributed by atoms with Gasteiger partial charge in [0.15, 0.2) is 0 Å². The van der Waals surface area contributed by atoms with Crippen LogP contribution in [0.1, 0.15) is 48.7 Å². The minimum Gasteiger partial charge on any atom is -0.350 e. The smallest absolute Gasteiger partial charge is 0.255 e. The van der Waals surface area contributed by atoms with E-state index < -0.39 is 0 Å². The Bertz CT molecular complexity index is 809. The number of rotatable bonds is 5. The zero-order chi connectivity index (χ0) is 18.0. The summed E-state index contributed by atoms with van der Waals surface area (Å²) in [5, 5.41) is 7.55. The minimum absolute atomic E-state index is 0.0267. The van der Waals surface area contributed by atoms with Gasteiger partial charge in [0.05, 0.1) is 16.8 Å². The molecule has 1 aliphatic rings. The van der Waals surface area contributed by atoms with Gasteiger partial charge in [0.2, 0.25) is 5.91 Å². The lowest BCUT2D eigenvalue weighted by Gasteiger charge is -2.23. The maximum Gasteiger partial charge on any atom is 0.255 e. The van der Waals surface area contributed by atoms with E-state index in [4.69, 9.17) is 0 Å². The number of aromatic nitrogens is 2. The Hall–Kier alpha value is -2.63. The molecular formula is C19H24N4O2. The lowest BCUT2D eigenvalue weighted by molar-refractivity contribution is -0.126. The first kappa shape index (κ1) is 17.2. The van der Waals surface area contributed by atoms with Crippen LogP contribution < -0.4 is 5.32 Å². The van der Waals surface area contributed by atoms with E-state index in [9.17, 15) is 9.59 Å². The van der Waals surface area contributed by atoms with Crippen molar-refractivity contribution < 1.29 is 9.59 Å². The third kappa shape index (κ3) is 3.29. The number of carbonyl (C=O) groups excluding carboxylic acids is 2. The second-order valence-electron chi connectivity index (χ2n) is 6.69. The molecule has 2 aromatic rings. The first-order chi connectivity index (χ1) is 12.0. The van der Waals surface area contributed by atoms with Crippen LogP contribution >= 0.6 is 0 Å². The number of amides is 2. The van der Waals surface area contributed by atoms with Crippen molar-refractivity contribution in [3.63, 3.8) is 0 Å². The fourth-order valence-corrected chi connectivity index (χ4v) is 3.41. The molecule has 0 aliphatic carbocycles. The SMILES string of the molecule is C=CC(=O)N1CCCC1CNC(=O)c1c(C(C)C)nn2ccccc12. The van der Waals surface area contributed by atoms with E-state index in [-0.39, 0.29) is 23.8 Å². The maximum atomic E-state index is 12.9. The fraction of sp³-hybridized carbons (Fsp3) is 0.421. The highest BCUT2D eigenvalue weighted by atomic mass is 16.2. The van der Waals surface area contributed by atoms with Gasteiger partial charge in [-0.3, -0.25) is 9.59 Å². The maximum absolute atomic E-state index is 12.9. The topological polar surface area (TPSA) is 66.7 Å². The molecule has 25 heavy (non-hydrogen) atoms. The normalized spacial score (nSPS) is 17.2. The van der Waals surface area contributed by atoms with Gasteiger partial charge in [-0.1, -0.05) is 26.5 Å². The van der Waals surface area contributed by atoms with E-state index in [1.807, 2.05) is 38.2 Å². The van der Waals surface area contributed by atoms with Crippen LogP contribution in [0.5, 0.6) is 0 Å². The Morgan fingerprint density at radius 1 is 1.44 bits per heavy atom. The van der Waals surface area contributed by atoms with Gasteiger partial charge in [-0.25, -0.2) is 4.52 Å². The average Bonchev–Trinajstić information content (AvgIpc) is 3.23. The van der Waals surface area contributed by atoms with Gasteiger partial charge in [0.25, 0.3) is 5.91 Å². The predicted octanol–water partition coefficient (Wildman–Crippen LogP) is 2.36. The molecule has 0 spiro atoms. The van der Waals surface area contributed by atoms with Gasteiger partial charge in [-0.15, -0.1) is 0 Å². The highest BCUT2D eigenvalue weighted by Crippen LogP contribution is 2.23. The van der Waals surface area contributed by atoms with Crippen LogP contribution in [0.15, 0.2) is 37.1 Å². The molecule has 132 valence electrons. The summed E-state index contributed by atoms with van der Waals surface area (Å²) in [5.74, 6) is -0.0654. The number of hydrogen-bond acceptors (Lipinski definition) is 3. The Labute approximate surface area is 147 Å². The number of nitrogens with one attached hydrogen (secondary N) is 1. The average molecular weight is 340 g/mol. The first-order valence-electron chi connectivity index (χ1n) is 8.71. The standard InChI is InChI=1S/C19H24N4O2/c1-4-16(24)22-10-7-8-14(22)12-20-19(25)17-15-9-5-6-11-23(15)21-18(17)13(2)3/h4-6,9,11,13-14H,1,7-8,10,12H2,2-3H3,(H,20,25). The van der Waals surface area contributed by atoms with Crippen molar-refractivity contribution in [3.8, 4) is 0 Å². The van der Waals surface area contributed by atoms with E-state index in [0.29, 0.717) is 12.1 Å². The number of hydrogen-bond donors (Lipinski definition) is 1. The molecule has 0 radical (unpaired) electrons. The third-order valence-corrected chi connectivity index (χ3v) is 4.67. The first-order valence-corrected chi connectivity index (χ1v) is 8.71. The van der Waals surface area contributed by atoms with E-state index >= 15 is 0 Å². The third-order valence-electron chi connectivity index (χ3n) is 4.67. The number of fused-ring (bicyclic) bond motifs is 1. The zero-order valence-electron chi connectivity index (χ0n) is 14.7. The molecular weight excluding hydrogens is 316 g/mol. The van der Waals surface area contributed by atoms with Crippen molar-refractivity contribution in [2.45, 2.75) is 38.6 Å². The molecule has 1 N–H and O–H groups in total. The fourth-order valence-electron chi connectivity index (χ4n) is 3.41. The molecule has 0 aromatic carbocycles. The molecule has 1 fully saturated rings. The van der Waals surface area contributed by atoms with Crippen molar-refractivity contribution in [2.24, 2.45) is 0 Å². The highest BCUT2D eigenvalue weighted by Gasteiger charge is 2.28. The van der Waals surface area contributed by atoms with Crippen LogP contribution in [0.2, 0.25) is 0 Å². The molecule has 1 unspecified atom stereocenters. The van der Waals surface area contributed by atoms with Crippen LogP contribution in [0, 0.1) is 0 Å². The van der Waals surface area contributed by atoms with E-state index in [2.05, 4.69) is 17.0 Å². The lowest BCUT2D eigenvalue weighted by Crippen LogP contribution is -2.42. The van der Waals surface area contributed by atoms with Crippen molar-refractivity contribution in [2.75, 3.05) is 13.1 Å². The van der Waals surface area contributed by atoms with E-state index in [1.165, 1.54) is 6.08 Å². The largest absolute Gasteiger partial charge is 0.350 e. The predicted molar refractivity (Wildman–Crippen MR) is 96.5 cm³/mol. The van der Waals surface area contributed by atoms with Crippen molar-refractivity contribution >= 4 is 17.3 Å².